The van der Waals surface area contributed by atoms with Crippen LogP contribution in [-0.4, -0.2) is 15.1 Å². The Morgan fingerprint density at radius 2 is 2.19 bits per heavy atom. The average Bonchev–Trinajstić information content (AvgIpc) is 2.33. The van der Waals surface area contributed by atoms with Gasteiger partial charge in [0.05, 0.1) is 12.8 Å². The summed E-state index contributed by atoms with van der Waals surface area (Å²) in [5.41, 5.74) is 0.570. The summed E-state index contributed by atoms with van der Waals surface area (Å²) < 4.78 is 18.5. The van der Waals surface area contributed by atoms with E-state index in [9.17, 15) is 4.39 Å². The number of aromatic nitrogens is 2. The van der Waals surface area contributed by atoms with Crippen molar-refractivity contribution in [2.75, 3.05) is 0 Å². The molecule has 0 unspecified atom stereocenters. The summed E-state index contributed by atoms with van der Waals surface area (Å²) in [7, 11) is 0. The number of nitrogens with zero attached hydrogens (tertiary/aromatic N) is 2. The van der Waals surface area contributed by atoms with Crippen LogP contribution in [0, 0.1) is 5.82 Å². The van der Waals surface area contributed by atoms with Crippen LogP contribution in [0.15, 0.2) is 36.8 Å². The molecule has 0 aliphatic carbocycles. The van der Waals surface area contributed by atoms with E-state index >= 15 is 0 Å². The van der Waals surface area contributed by atoms with Crippen molar-refractivity contribution >= 4 is 0 Å². The molecule has 0 atom stereocenters. The summed E-state index contributed by atoms with van der Waals surface area (Å²) in [4.78, 5) is 7.65. The Labute approximate surface area is 91.4 Å². The van der Waals surface area contributed by atoms with Gasteiger partial charge in [-0.1, -0.05) is 6.07 Å². The highest BCUT2D eigenvalue weighted by atomic mass is 19.1. The molecule has 0 saturated carbocycles. The molecule has 1 aromatic heterocycles. The second kappa shape index (κ2) is 4.67. The number of aliphatic hydroxyl groups is 1. The van der Waals surface area contributed by atoms with E-state index in [1.54, 1.807) is 0 Å². The van der Waals surface area contributed by atoms with Crippen LogP contribution >= 0.6 is 0 Å². The van der Waals surface area contributed by atoms with Gasteiger partial charge in [0.15, 0.2) is 11.6 Å². The molecule has 0 spiro atoms. The van der Waals surface area contributed by atoms with Crippen LogP contribution in [0.5, 0.6) is 11.6 Å². The monoisotopic (exact) mass is 220 g/mol. The van der Waals surface area contributed by atoms with Crippen molar-refractivity contribution in [3.05, 3.63) is 48.2 Å². The molecule has 2 aromatic rings. The number of benzene rings is 1. The highest BCUT2D eigenvalue weighted by molar-refractivity contribution is 5.32. The van der Waals surface area contributed by atoms with E-state index in [0.29, 0.717) is 5.56 Å². The van der Waals surface area contributed by atoms with Gasteiger partial charge in [-0.05, 0) is 17.7 Å². The van der Waals surface area contributed by atoms with E-state index in [-0.39, 0.29) is 18.2 Å². The minimum absolute atomic E-state index is 0.0204. The van der Waals surface area contributed by atoms with Gasteiger partial charge in [0.25, 0.3) is 0 Å². The quantitative estimate of drug-likeness (QED) is 0.858. The Hall–Kier alpha value is -2.01. The van der Waals surface area contributed by atoms with Crippen molar-refractivity contribution in [2.24, 2.45) is 0 Å². The topological polar surface area (TPSA) is 55.2 Å². The molecule has 1 aromatic carbocycles. The minimum atomic E-state index is -0.511. The molecule has 1 heterocycles. The van der Waals surface area contributed by atoms with Crippen LogP contribution in [0.1, 0.15) is 5.56 Å². The van der Waals surface area contributed by atoms with Gasteiger partial charge in [-0.3, -0.25) is 4.98 Å². The van der Waals surface area contributed by atoms with E-state index < -0.39 is 5.82 Å². The fraction of sp³-hybridized carbons (Fsp3) is 0.0909. The smallest absolute Gasteiger partial charge is 0.237 e. The predicted octanol–water partition coefficient (Wildman–Crippen LogP) is 1.90. The van der Waals surface area contributed by atoms with Gasteiger partial charge < -0.3 is 9.84 Å². The van der Waals surface area contributed by atoms with Gasteiger partial charge in [0.1, 0.15) is 0 Å². The average molecular weight is 220 g/mol. The highest BCUT2D eigenvalue weighted by Gasteiger charge is 2.06. The lowest BCUT2D eigenvalue weighted by atomic mass is 10.2. The molecule has 5 heteroatoms. The van der Waals surface area contributed by atoms with Crippen molar-refractivity contribution in [1.82, 2.24) is 9.97 Å². The zero-order chi connectivity index (χ0) is 11.4. The van der Waals surface area contributed by atoms with Gasteiger partial charge >= 0.3 is 0 Å². The number of aliphatic hydroxyl groups excluding tert-OH is 1. The molecule has 0 bridgehead atoms. The lowest BCUT2D eigenvalue weighted by Crippen LogP contribution is -1.93. The molecular weight excluding hydrogens is 211 g/mol. The Morgan fingerprint density at radius 1 is 1.31 bits per heavy atom. The van der Waals surface area contributed by atoms with Crippen LogP contribution in [0.2, 0.25) is 0 Å². The second-order valence-electron chi connectivity index (χ2n) is 3.07. The maximum Gasteiger partial charge on any atom is 0.237 e. The molecule has 0 fully saturated rings. The molecule has 2 rings (SSSR count). The van der Waals surface area contributed by atoms with Crippen molar-refractivity contribution < 1.29 is 14.2 Å². The SMILES string of the molecule is OCc1ccc(F)c(Oc2cnccn2)c1. The van der Waals surface area contributed by atoms with Crippen LogP contribution in [0.3, 0.4) is 0 Å². The Bertz CT molecular complexity index is 477. The third-order valence-electron chi connectivity index (χ3n) is 1.93. The largest absolute Gasteiger partial charge is 0.434 e. The molecule has 0 saturated heterocycles. The number of rotatable bonds is 3. The lowest BCUT2D eigenvalue weighted by Gasteiger charge is -2.06. The fourth-order valence-electron chi connectivity index (χ4n) is 1.18. The van der Waals surface area contributed by atoms with Gasteiger partial charge in [-0.25, -0.2) is 9.37 Å². The molecule has 16 heavy (non-hydrogen) atoms. The first-order valence-corrected chi connectivity index (χ1v) is 4.63. The van der Waals surface area contributed by atoms with Crippen LogP contribution in [0.4, 0.5) is 4.39 Å². The number of ether oxygens (including phenoxy) is 1. The van der Waals surface area contributed by atoms with E-state index in [4.69, 9.17) is 9.84 Å². The zero-order valence-corrected chi connectivity index (χ0v) is 8.30. The van der Waals surface area contributed by atoms with Crippen molar-refractivity contribution in [3.8, 4) is 11.6 Å². The third kappa shape index (κ3) is 2.32. The zero-order valence-electron chi connectivity index (χ0n) is 8.30. The minimum Gasteiger partial charge on any atom is -0.434 e. The Kier molecular flexibility index (Phi) is 3.07. The lowest BCUT2D eigenvalue weighted by molar-refractivity contribution is 0.281. The maximum atomic E-state index is 13.3. The molecule has 1 N–H and O–H groups in total. The summed E-state index contributed by atoms with van der Waals surface area (Å²) in [6.07, 6.45) is 4.32. The first kappa shape index (κ1) is 10.5. The molecular formula is C11H9FN2O2. The fourth-order valence-corrected chi connectivity index (χ4v) is 1.18. The first-order chi connectivity index (χ1) is 7.79. The number of halogens is 1. The van der Waals surface area contributed by atoms with E-state index in [1.807, 2.05) is 0 Å². The summed E-state index contributed by atoms with van der Waals surface area (Å²) in [5.74, 6) is -0.286. The summed E-state index contributed by atoms with van der Waals surface area (Å²) in [6, 6.07) is 4.14. The molecule has 0 aliphatic rings. The second-order valence-corrected chi connectivity index (χ2v) is 3.07. The molecule has 0 aliphatic heterocycles. The predicted molar refractivity (Wildman–Crippen MR) is 54.4 cm³/mol. The molecule has 82 valence electrons. The van der Waals surface area contributed by atoms with E-state index in [1.165, 1.54) is 36.8 Å². The van der Waals surface area contributed by atoms with Crippen LogP contribution < -0.4 is 4.74 Å². The van der Waals surface area contributed by atoms with Gasteiger partial charge in [-0.2, -0.15) is 0 Å². The normalized spacial score (nSPS) is 10.1. The van der Waals surface area contributed by atoms with Crippen LogP contribution in [0.25, 0.3) is 0 Å². The standard InChI is InChI=1S/C11H9FN2O2/c12-9-2-1-8(7-15)5-10(9)16-11-6-13-3-4-14-11/h1-6,15H,7H2. The number of hydrogen-bond donors (Lipinski definition) is 1. The maximum absolute atomic E-state index is 13.3. The van der Waals surface area contributed by atoms with E-state index in [0.717, 1.165) is 0 Å². The first-order valence-electron chi connectivity index (χ1n) is 4.63. The summed E-state index contributed by atoms with van der Waals surface area (Å²) in [5, 5.41) is 8.91. The van der Waals surface area contributed by atoms with Crippen molar-refractivity contribution in [2.45, 2.75) is 6.61 Å². The highest BCUT2D eigenvalue weighted by Crippen LogP contribution is 2.23. The van der Waals surface area contributed by atoms with Gasteiger partial charge in [0.2, 0.25) is 5.88 Å². The van der Waals surface area contributed by atoms with Crippen molar-refractivity contribution in [1.29, 1.82) is 0 Å². The molecule has 4 nitrogen and oxygen atoms in total. The van der Waals surface area contributed by atoms with Gasteiger partial charge in [-0.15, -0.1) is 0 Å². The third-order valence-corrected chi connectivity index (χ3v) is 1.93. The van der Waals surface area contributed by atoms with Gasteiger partial charge in [0, 0.05) is 12.4 Å². The summed E-state index contributed by atoms with van der Waals surface area (Å²) in [6.45, 7) is -0.170. The Balaban J connectivity index is 2.27. The Morgan fingerprint density at radius 3 is 2.88 bits per heavy atom. The van der Waals surface area contributed by atoms with Crippen molar-refractivity contribution in [3.63, 3.8) is 0 Å². The molecule has 0 radical (unpaired) electrons. The van der Waals surface area contributed by atoms with Crippen LogP contribution in [-0.2, 0) is 6.61 Å². The number of hydrogen-bond acceptors (Lipinski definition) is 4. The van der Waals surface area contributed by atoms with E-state index in [2.05, 4.69) is 9.97 Å². The molecule has 0 amide bonds. The summed E-state index contributed by atoms with van der Waals surface area (Å²) >= 11 is 0.